The minimum atomic E-state index is -2.85. The quantitative estimate of drug-likeness (QED) is 0.683. The van der Waals surface area contributed by atoms with Crippen molar-refractivity contribution in [3.8, 4) is 5.75 Å². The fourth-order valence-electron chi connectivity index (χ4n) is 4.85. The van der Waals surface area contributed by atoms with E-state index in [2.05, 4.69) is 5.32 Å². The van der Waals surface area contributed by atoms with E-state index in [4.69, 9.17) is 0 Å². The van der Waals surface area contributed by atoms with Crippen LogP contribution in [0.4, 0.5) is 17.6 Å². The molecular weight excluding hydrogens is 428 g/mol. The SMILES string of the molecule is O=C(NC1CC(F)(F)C1)C1c2c(O)ccc(F)c2C(=O)N1C1(Cc2ccc(F)cc2)CC1. The molecule has 168 valence electrons. The second-order valence-corrected chi connectivity index (χ2v) is 8.93. The van der Waals surface area contributed by atoms with Gasteiger partial charge in [0.2, 0.25) is 5.91 Å². The van der Waals surface area contributed by atoms with Crippen LogP contribution in [0.15, 0.2) is 36.4 Å². The number of halogens is 4. The van der Waals surface area contributed by atoms with Crippen LogP contribution in [-0.4, -0.2) is 39.3 Å². The predicted octanol–water partition coefficient (Wildman–Crippen LogP) is 3.86. The zero-order valence-corrected chi connectivity index (χ0v) is 16.9. The summed E-state index contributed by atoms with van der Waals surface area (Å²) in [6.45, 7) is 0. The van der Waals surface area contributed by atoms with Gasteiger partial charge in [-0.2, -0.15) is 0 Å². The van der Waals surface area contributed by atoms with Crippen LogP contribution in [0.5, 0.6) is 5.75 Å². The number of alkyl halides is 2. The molecule has 2 aromatic rings. The maximum absolute atomic E-state index is 14.6. The molecule has 0 aromatic heterocycles. The van der Waals surface area contributed by atoms with Gasteiger partial charge in [0.15, 0.2) is 0 Å². The van der Waals surface area contributed by atoms with Crippen molar-refractivity contribution in [1.29, 1.82) is 0 Å². The third kappa shape index (κ3) is 3.30. The Labute approximate surface area is 181 Å². The molecular formula is C23H20F4N2O3. The lowest BCUT2D eigenvalue weighted by Crippen LogP contribution is -2.54. The van der Waals surface area contributed by atoms with Crippen molar-refractivity contribution in [1.82, 2.24) is 10.2 Å². The van der Waals surface area contributed by atoms with E-state index >= 15 is 0 Å². The van der Waals surface area contributed by atoms with Crippen LogP contribution in [-0.2, 0) is 11.2 Å². The lowest BCUT2D eigenvalue weighted by atomic mass is 9.87. The summed E-state index contributed by atoms with van der Waals surface area (Å²) in [5, 5.41) is 12.9. The highest BCUT2D eigenvalue weighted by atomic mass is 19.3. The van der Waals surface area contributed by atoms with Crippen molar-refractivity contribution in [3.63, 3.8) is 0 Å². The predicted molar refractivity (Wildman–Crippen MR) is 105 cm³/mol. The number of phenolic OH excluding ortho intramolecular Hbond substituents is 1. The number of carbonyl (C=O) groups is 2. The number of carbonyl (C=O) groups excluding carboxylic acids is 2. The van der Waals surface area contributed by atoms with Crippen molar-refractivity contribution in [3.05, 3.63) is 64.7 Å². The zero-order valence-electron chi connectivity index (χ0n) is 16.9. The molecule has 1 atom stereocenters. The second kappa shape index (κ2) is 6.95. The van der Waals surface area contributed by atoms with E-state index in [0.717, 1.165) is 17.7 Å². The molecule has 2 aliphatic carbocycles. The molecule has 1 unspecified atom stereocenters. The summed E-state index contributed by atoms with van der Waals surface area (Å²) in [5.74, 6) is -6.00. The Morgan fingerprint density at radius 2 is 1.75 bits per heavy atom. The first-order chi connectivity index (χ1) is 15.1. The first-order valence-electron chi connectivity index (χ1n) is 10.4. The Morgan fingerprint density at radius 3 is 2.34 bits per heavy atom. The van der Waals surface area contributed by atoms with Crippen molar-refractivity contribution in [2.45, 2.75) is 55.6 Å². The minimum Gasteiger partial charge on any atom is -0.508 e. The number of amides is 2. The van der Waals surface area contributed by atoms with Crippen LogP contribution in [0.25, 0.3) is 0 Å². The van der Waals surface area contributed by atoms with E-state index < -0.39 is 65.6 Å². The molecule has 5 rings (SSSR count). The van der Waals surface area contributed by atoms with Crippen LogP contribution in [0.3, 0.4) is 0 Å². The lowest BCUT2D eigenvalue weighted by Gasteiger charge is -2.38. The summed E-state index contributed by atoms with van der Waals surface area (Å²) in [7, 11) is 0. The first-order valence-corrected chi connectivity index (χ1v) is 10.4. The highest BCUT2D eigenvalue weighted by molar-refractivity contribution is 6.06. The Hall–Kier alpha value is -3.10. The highest BCUT2D eigenvalue weighted by Gasteiger charge is 2.59. The van der Waals surface area contributed by atoms with Crippen LogP contribution in [0.2, 0.25) is 0 Å². The van der Waals surface area contributed by atoms with Crippen molar-refractivity contribution in [2.24, 2.45) is 0 Å². The average Bonchev–Trinajstić information content (AvgIpc) is 3.40. The van der Waals surface area contributed by atoms with E-state index in [1.807, 2.05) is 0 Å². The van der Waals surface area contributed by atoms with Gasteiger partial charge in [-0.05, 0) is 49.1 Å². The van der Waals surface area contributed by atoms with E-state index in [9.17, 15) is 32.3 Å². The summed E-state index contributed by atoms with van der Waals surface area (Å²) in [6.07, 6.45) is 0.334. The molecule has 2 amide bonds. The Morgan fingerprint density at radius 1 is 1.09 bits per heavy atom. The van der Waals surface area contributed by atoms with Gasteiger partial charge in [0, 0.05) is 30.0 Å². The molecule has 5 nitrogen and oxygen atoms in total. The summed E-state index contributed by atoms with van der Waals surface area (Å²) in [6, 6.07) is 5.65. The van der Waals surface area contributed by atoms with Crippen LogP contribution in [0, 0.1) is 11.6 Å². The molecule has 0 bridgehead atoms. The zero-order chi connectivity index (χ0) is 22.8. The van der Waals surface area contributed by atoms with Gasteiger partial charge < -0.3 is 15.3 Å². The highest BCUT2D eigenvalue weighted by Crippen LogP contribution is 2.54. The van der Waals surface area contributed by atoms with E-state index in [1.165, 1.54) is 17.0 Å². The first kappa shape index (κ1) is 20.8. The number of rotatable bonds is 5. The molecule has 9 heteroatoms. The number of fused-ring (bicyclic) bond motifs is 1. The summed E-state index contributed by atoms with van der Waals surface area (Å²) in [5.41, 5.74) is -0.619. The number of nitrogens with one attached hydrogen (secondary N) is 1. The normalized spacial score (nSPS) is 22.9. The number of aromatic hydroxyl groups is 1. The Kier molecular flexibility index (Phi) is 4.51. The average molecular weight is 448 g/mol. The largest absolute Gasteiger partial charge is 0.508 e. The van der Waals surface area contributed by atoms with Gasteiger partial charge in [0.1, 0.15) is 23.4 Å². The topological polar surface area (TPSA) is 69.6 Å². The minimum absolute atomic E-state index is 0.149. The number of hydrogen-bond acceptors (Lipinski definition) is 3. The number of benzene rings is 2. The fraction of sp³-hybridized carbons (Fsp3) is 0.391. The van der Waals surface area contributed by atoms with E-state index in [1.54, 1.807) is 12.1 Å². The summed E-state index contributed by atoms with van der Waals surface area (Å²) in [4.78, 5) is 27.8. The van der Waals surface area contributed by atoms with Gasteiger partial charge in [0.25, 0.3) is 11.8 Å². The molecule has 1 aliphatic heterocycles. The summed E-state index contributed by atoms with van der Waals surface area (Å²) >= 11 is 0. The molecule has 3 aliphatic rings. The Bertz CT molecular complexity index is 1110. The molecule has 1 heterocycles. The van der Waals surface area contributed by atoms with Crippen LogP contribution in [0.1, 0.15) is 53.2 Å². The lowest BCUT2D eigenvalue weighted by molar-refractivity contribution is -0.134. The molecule has 2 saturated carbocycles. The van der Waals surface area contributed by atoms with Crippen molar-refractivity contribution < 1.29 is 32.3 Å². The van der Waals surface area contributed by atoms with Gasteiger partial charge in [-0.25, -0.2) is 17.6 Å². The van der Waals surface area contributed by atoms with Gasteiger partial charge in [-0.1, -0.05) is 12.1 Å². The molecule has 2 aromatic carbocycles. The molecule has 0 radical (unpaired) electrons. The van der Waals surface area contributed by atoms with Gasteiger partial charge >= 0.3 is 0 Å². The number of phenols is 1. The van der Waals surface area contributed by atoms with Crippen molar-refractivity contribution >= 4 is 11.8 Å². The summed E-state index contributed by atoms with van der Waals surface area (Å²) < 4.78 is 54.4. The molecule has 0 spiro atoms. The molecule has 2 fully saturated rings. The van der Waals surface area contributed by atoms with Crippen molar-refractivity contribution in [2.75, 3.05) is 0 Å². The van der Waals surface area contributed by atoms with E-state index in [-0.39, 0.29) is 11.1 Å². The fourth-order valence-corrected chi connectivity index (χ4v) is 4.85. The second-order valence-electron chi connectivity index (χ2n) is 8.93. The third-order valence-corrected chi connectivity index (χ3v) is 6.61. The van der Waals surface area contributed by atoms with Crippen LogP contribution < -0.4 is 5.32 Å². The maximum Gasteiger partial charge on any atom is 0.258 e. The smallest absolute Gasteiger partial charge is 0.258 e. The molecule has 32 heavy (non-hydrogen) atoms. The van der Waals surface area contributed by atoms with Gasteiger partial charge in [-0.15, -0.1) is 0 Å². The molecule has 2 N–H and O–H groups in total. The monoisotopic (exact) mass is 448 g/mol. The van der Waals surface area contributed by atoms with Gasteiger partial charge in [-0.3, -0.25) is 9.59 Å². The van der Waals surface area contributed by atoms with Crippen LogP contribution >= 0.6 is 0 Å². The van der Waals surface area contributed by atoms with E-state index in [0.29, 0.717) is 19.3 Å². The number of hydrogen-bond donors (Lipinski definition) is 2. The Balaban J connectivity index is 1.51. The third-order valence-electron chi connectivity index (χ3n) is 6.61. The number of nitrogens with zero attached hydrogens (tertiary/aromatic N) is 1. The standard InChI is InChI=1S/C23H20F4N2O3/c24-13-3-1-12(2-4-13)9-22(7-8-22)29-19(20(31)28-14-10-23(26,27)11-14)18-16(30)6-5-15(25)17(18)21(29)32/h1-6,14,19,30H,7-11H2,(H,28,31). The molecule has 0 saturated heterocycles. The van der Waals surface area contributed by atoms with Gasteiger partial charge in [0.05, 0.1) is 5.56 Å². The maximum atomic E-state index is 14.6.